The number of hydrogen-bond donors (Lipinski definition) is 1. The molecule has 0 unspecified atom stereocenters. The van der Waals surface area contributed by atoms with Crippen LogP contribution >= 0.6 is 0 Å². The van der Waals surface area contributed by atoms with Crippen molar-refractivity contribution in [2.75, 3.05) is 13.2 Å². The van der Waals surface area contributed by atoms with Crippen LogP contribution in [0.15, 0.2) is 54.6 Å². The summed E-state index contributed by atoms with van der Waals surface area (Å²) < 4.78 is 5.57. The molecule has 23 heavy (non-hydrogen) atoms. The molecule has 1 amide bonds. The molecule has 0 radical (unpaired) electrons. The van der Waals surface area contributed by atoms with Gasteiger partial charge in [0.2, 0.25) is 5.91 Å². The van der Waals surface area contributed by atoms with Crippen LogP contribution in [0.5, 0.6) is 5.75 Å². The van der Waals surface area contributed by atoms with Gasteiger partial charge in [-0.25, -0.2) is 0 Å². The van der Waals surface area contributed by atoms with Crippen LogP contribution in [0.4, 0.5) is 0 Å². The van der Waals surface area contributed by atoms with Crippen molar-refractivity contribution < 1.29 is 9.53 Å². The molecular weight excluding hydrogens is 286 g/mol. The van der Waals surface area contributed by atoms with Crippen molar-refractivity contribution in [3.63, 3.8) is 0 Å². The van der Waals surface area contributed by atoms with Crippen LogP contribution in [0.2, 0.25) is 0 Å². The Kier molecular flexibility index (Phi) is 7.18. The summed E-state index contributed by atoms with van der Waals surface area (Å²) in [5.74, 6) is 0.955. The van der Waals surface area contributed by atoms with Crippen LogP contribution in [-0.2, 0) is 11.2 Å². The lowest BCUT2D eigenvalue weighted by atomic mass is 10.1. The molecule has 2 aromatic carbocycles. The standard InChI is InChI=1S/C20H25NO2/c1-17-11-13-18(14-12-17)7-5-15-21-20(22)10-6-16-23-19-8-3-2-4-9-19/h2-4,8-9,11-14H,5-7,10,15-16H2,1H3,(H,21,22). The number of hydrogen-bond acceptors (Lipinski definition) is 2. The highest BCUT2D eigenvalue weighted by atomic mass is 16.5. The largest absolute Gasteiger partial charge is 0.494 e. The number of nitrogens with one attached hydrogen (secondary N) is 1. The summed E-state index contributed by atoms with van der Waals surface area (Å²) in [6, 6.07) is 18.2. The molecule has 0 bridgehead atoms. The Morgan fingerprint density at radius 2 is 1.74 bits per heavy atom. The van der Waals surface area contributed by atoms with Gasteiger partial charge in [-0.2, -0.15) is 0 Å². The summed E-state index contributed by atoms with van der Waals surface area (Å²) >= 11 is 0. The van der Waals surface area contributed by atoms with E-state index >= 15 is 0 Å². The van der Waals surface area contributed by atoms with Crippen LogP contribution in [0.25, 0.3) is 0 Å². The summed E-state index contributed by atoms with van der Waals surface area (Å²) in [4.78, 5) is 11.7. The highest BCUT2D eigenvalue weighted by Crippen LogP contribution is 2.09. The molecule has 0 atom stereocenters. The summed E-state index contributed by atoms with van der Waals surface area (Å²) in [6.07, 6.45) is 3.21. The third-order valence-electron chi connectivity index (χ3n) is 3.65. The molecule has 0 aliphatic heterocycles. The van der Waals surface area contributed by atoms with Gasteiger partial charge in [0.1, 0.15) is 5.75 Å². The van der Waals surface area contributed by atoms with Gasteiger partial charge in [-0.3, -0.25) is 4.79 Å². The maximum Gasteiger partial charge on any atom is 0.220 e. The summed E-state index contributed by atoms with van der Waals surface area (Å²) in [5, 5.41) is 2.97. The van der Waals surface area contributed by atoms with E-state index in [-0.39, 0.29) is 5.91 Å². The second kappa shape index (κ2) is 9.67. The van der Waals surface area contributed by atoms with Crippen LogP contribution in [0.1, 0.15) is 30.4 Å². The quantitative estimate of drug-likeness (QED) is 0.713. The van der Waals surface area contributed by atoms with Crippen LogP contribution in [0, 0.1) is 6.92 Å². The van der Waals surface area contributed by atoms with Crippen LogP contribution in [0.3, 0.4) is 0 Å². The Morgan fingerprint density at radius 3 is 2.48 bits per heavy atom. The van der Waals surface area contributed by atoms with Gasteiger partial charge in [-0.1, -0.05) is 48.0 Å². The number of carbonyl (C=O) groups is 1. The third-order valence-corrected chi connectivity index (χ3v) is 3.65. The fourth-order valence-electron chi connectivity index (χ4n) is 2.30. The monoisotopic (exact) mass is 311 g/mol. The molecule has 0 spiro atoms. The molecule has 2 rings (SSSR count). The van der Waals surface area contributed by atoms with E-state index in [0.717, 1.165) is 31.6 Å². The predicted octanol–water partition coefficient (Wildman–Crippen LogP) is 3.90. The second-order valence-corrected chi connectivity index (χ2v) is 5.70. The summed E-state index contributed by atoms with van der Waals surface area (Å²) in [6.45, 7) is 3.39. The molecular formula is C20H25NO2. The molecule has 2 aromatic rings. The maximum absolute atomic E-state index is 11.7. The molecule has 122 valence electrons. The van der Waals surface area contributed by atoms with E-state index in [2.05, 4.69) is 36.5 Å². The van der Waals surface area contributed by atoms with Crippen molar-refractivity contribution in [1.29, 1.82) is 0 Å². The zero-order valence-corrected chi connectivity index (χ0v) is 13.8. The van der Waals surface area contributed by atoms with E-state index in [0.29, 0.717) is 13.0 Å². The molecule has 3 heteroatoms. The van der Waals surface area contributed by atoms with Gasteiger partial charge in [0.25, 0.3) is 0 Å². The molecule has 1 N–H and O–H groups in total. The van der Waals surface area contributed by atoms with E-state index in [9.17, 15) is 4.79 Å². The number of carbonyl (C=O) groups excluding carboxylic acids is 1. The van der Waals surface area contributed by atoms with Crippen molar-refractivity contribution in [2.45, 2.75) is 32.6 Å². The smallest absolute Gasteiger partial charge is 0.220 e. The lowest BCUT2D eigenvalue weighted by Crippen LogP contribution is -2.24. The second-order valence-electron chi connectivity index (χ2n) is 5.70. The molecule has 0 aliphatic rings. The average Bonchev–Trinajstić information content (AvgIpc) is 2.58. The minimum atomic E-state index is 0.102. The van der Waals surface area contributed by atoms with Gasteiger partial charge < -0.3 is 10.1 Å². The first kappa shape index (κ1) is 17.1. The number of benzene rings is 2. The zero-order chi connectivity index (χ0) is 16.3. The number of aryl methyl sites for hydroxylation is 2. The fourth-order valence-corrected chi connectivity index (χ4v) is 2.30. The summed E-state index contributed by atoms with van der Waals surface area (Å²) in [7, 11) is 0. The first-order chi connectivity index (χ1) is 11.2. The molecule has 0 aromatic heterocycles. The fraction of sp³-hybridized carbons (Fsp3) is 0.350. The third kappa shape index (κ3) is 7.00. The Balaban J connectivity index is 1.51. The first-order valence-corrected chi connectivity index (χ1v) is 8.24. The molecule has 0 aliphatic carbocycles. The Hall–Kier alpha value is -2.29. The van der Waals surface area contributed by atoms with Gasteiger partial charge in [-0.15, -0.1) is 0 Å². The maximum atomic E-state index is 11.7. The predicted molar refractivity (Wildman–Crippen MR) is 93.7 cm³/mol. The van der Waals surface area contributed by atoms with Crippen molar-refractivity contribution >= 4 is 5.91 Å². The minimum absolute atomic E-state index is 0.102. The van der Waals surface area contributed by atoms with Crippen LogP contribution in [-0.4, -0.2) is 19.1 Å². The number of amides is 1. The van der Waals surface area contributed by atoms with Crippen molar-refractivity contribution in [2.24, 2.45) is 0 Å². The lowest BCUT2D eigenvalue weighted by molar-refractivity contribution is -0.121. The highest BCUT2D eigenvalue weighted by Gasteiger charge is 2.01. The number of para-hydroxylation sites is 1. The van der Waals surface area contributed by atoms with E-state index in [1.807, 2.05) is 30.3 Å². The Labute approximate surface area is 138 Å². The first-order valence-electron chi connectivity index (χ1n) is 8.24. The van der Waals surface area contributed by atoms with E-state index in [1.165, 1.54) is 11.1 Å². The van der Waals surface area contributed by atoms with Crippen molar-refractivity contribution in [3.05, 3.63) is 65.7 Å². The van der Waals surface area contributed by atoms with Gasteiger partial charge in [0.05, 0.1) is 6.61 Å². The van der Waals surface area contributed by atoms with Gasteiger partial charge in [0.15, 0.2) is 0 Å². The SMILES string of the molecule is Cc1ccc(CCCNC(=O)CCCOc2ccccc2)cc1. The lowest BCUT2D eigenvalue weighted by Gasteiger charge is -2.07. The van der Waals surface area contributed by atoms with Gasteiger partial charge >= 0.3 is 0 Å². The average molecular weight is 311 g/mol. The van der Waals surface area contributed by atoms with Gasteiger partial charge in [0, 0.05) is 13.0 Å². The Bertz CT molecular complexity index is 578. The molecule has 3 nitrogen and oxygen atoms in total. The van der Waals surface area contributed by atoms with Gasteiger partial charge in [-0.05, 0) is 43.9 Å². The van der Waals surface area contributed by atoms with Crippen LogP contribution < -0.4 is 10.1 Å². The van der Waals surface area contributed by atoms with E-state index in [4.69, 9.17) is 4.74 Å². The number of ether oxygens (including phenoxy) is 1. The zero-order valence-electron chi connectivity index (χ0n) is 13.8. The topological polar surface area (TPSA) is 38.3 Å². The molecule has 0 saturated heterocycles. The highest BCUT2D eigenvalue weighted by molar-refractivity contribution is 5.75. The van der Waals surface area contributed by atoms with E-state index in [1.54, 1.807) is 0 Å². The minimum Gasteiger partial charge on any atom is -0.494 e. The molecule has 0 saturated carbocycles. The van der Waals surface area contributed by atoms with E-state index < -0.39 is 0 Å². The normalized spacial score (nSPS) is 10.3. The Morgan fingerprint density at radius 1 is 1.00 bits per heavy atom. The van der Waals surface area contributed by atoms with Crippen molar-refractivity contribution in [3.8, 4) is 5.75 Å². The molecule has 0 heterocycles. The molecule has 0 fully saturated rings. The van der Waals surface area contributed by atoms with Crippen molar-refractivity contribution in [1.82, 2.24) is 5.32 Å². The number of rotatable bonds is 9. The summed E-state index contributed by atoms with van der Waals surface area (Å²) in [5.41, 5.74) is 2.60.